The van der Waals surface area contributed by atoms with Crippen molar-refractivity contribution >= 4 is 35.0 Å². The molecule has 1 aromatic heterocycles. The van der Waals surface area contributed by atoms with Crippen LogP contribution in [-0.4, -0.2) is 26.2 Å². The van der Waals surface area contributed by atoms with E-state index in [4.69, 9.17) is 17.3 Å². The Kier molecular flexibility index (Phi) is 4.55. The quantitative estimate of drug-likeness (QED) is 0.900. The van der Waals surface area contributed by atoms with Gasteiger partial charge in [0.05, 0.1) is 10.6 Å². The first-order valence-electron chi connectivity index (χ1n) is 6.19. The zero-order valence-corrected chi connectivity index (χ0v) is 13.5. The molecule has 0 aliphatic heterocycles. The van der Waals surface area contributed by atoms with E-state index in [-0.39, 0.29) is 5.91 Å². The third kappa shape index (κ3) is 3.96. The molecule has 3 N–H and O–H groups in total. The van der Waals surface area contributed by atoms with Crippen LogP contribution in [-0.2, 0) is 11.8 Å². The fourth-order valence-corrected chi connectivity index (χ4v) is 2.48. The Labute approximate surface area is 132 Å². The minimum absolute atomic E-state index is 0.271. The monoisotopic (exact) mass is 325 g/mol. The molecule has 2 rings (SSSR count). The van der Waals surface area contributed by atoms with Gasteiger partial charge in [-0.15, -0.1) is 10.2 Å². The second-order valence-electron chi connectivity index (χ2n) is 5.15. The van der Waals surface area contributed by atoms with E-state index < -0.39 is 5.54 Å². The van der Waals surface area contributed by atoms with Crippen molar-refractivity contribution in [1.29, 1.82) is 0 Å². The second-order valence-corrected chi connectivity index (χ2v) is 6.56. The molecule has 0 saturated carbocycles. The van der Waals surface area contributed by atoms with Gasteiger partial charge in [-0.25, -0.2) is 0 Å². The Morgan fingerprint density at radius 2 is 2.19 bits per heavy atom. The predicted octanol–water partition coefficient (Wildman–Crippen LogP) is 2.30. The number of nitrogens with zero attached hydrogens (tertiary/aromatic N) is 3. The Hall–Kier alpha value is -1.57. The summed E-state index contributed by atoms with van der Waals surface area (Å²) in [6.45, 7) is 3.28. The zero-order valence-electron chi connectivity index (χ0n) is 11.9. The smallest absolute Gasteiger partial charge is 0.243 e. The van der Waals surface area contributed by atoms with Gasteiger partial charge in [0, 0.05) is 17.6 Å². The van der Waals surface area contributed by atoms with E-state index in [0.29, 0.717) is 10.7 Å². The van der Waals surface area contributed by atoms with E-state index >= 15 is 0 Å². The lowest BCUT2D eigenvalue weighted by Gasteiger charge is -2.18. The largest absolute Gasteiger partial charge is 0.324 e. The van der Waals surface area contributed by atoms with E-state index in [1.807, 2.05) is 13.1 Å². The van der Waals surface area contributed by atoms with Gasteiger partial charge in [-0.2, -0.15) is 0 Å². The van der Waals surface area contributed by atoms with Crippen LogP contribution in [0, 0.1) is 0 Å². The molecule has 112 valence electrons. The second kappa shape index (κ2) is 6.05. The summed E-state index contributed by atoms with van der Waals surface area (Å²) >= 11 is 7.64. The van der Waals surface area contributed by atoms with Crippen LogP contribution in [0.2, 0.25) is 5.02 Å². The number of rotatable bonds is 4. The highest BCUT2D eigenvalue weighted by atomic mass is 35.5. The third-order valence-corrected chi connectivity index (χ3v) is 4.20. The number of halogens is 1. The van der Waals surface area contributed by atoms with E-state index in [1.165, 1.54) is 11.8 Å². The van der Waals surface area contributed by atoms with Crippen LogP contribution in [0.5, 0.6) is 0 Å². The molecule has 0 bridgehead atoms. The topological polar surface area (TPSA) is 85.8 Å². The molecular weight excluding hydrogens is 310 g/mol. The van der Waals surface area contributed by atoms with Crippen molar-refractivity contribution in [3.63, 3.8) is 0 Å². The van der Waals surface area contributed by atoms with E-state index in [1.54, 1.807) is 36.9 Å². The molecule has 1 amide bonds. The first kappa shape index (κ1) is 15.8. The average molecular weight is 326 g/mol. The molecule has 1 heterocycles. The van der Waals surface area contributed by atoms with E-state index in [0.717, 1.165) is 10.1 Å². The number of hydrogen-bond acceptors (Lipinski definition) is 5. The highest BCUT2D eigenvalue weighted by Crippen LogP contribution is 2.33. The molecule has 0 radical (unpaired) electrons. The average Bonchev–Trinajstić information content (AvgIpc) is 2.77. The van der Waals surface area contributed by atoms with Gasteiger partial charge in [0.25, 0.3) is 0 Å². The van der Waals surface area contributed by atoms with Crippen molar-refractivity contribution < 1.29 is 4.79 Å². The summed E-state index contributed by atoms with van der Waals surface area (Å²) in [6, 6.07) is 5.28. The Bertz CT molecular complexity index is 665. The minimum atomic E-state index is -0.946. The standard InChI is InChI=1S/C13H16ClN5OS/c1-13(2,15)11(20)17-8-4-5-10(9(14)6-8)21-12-18-16-7-19(12)3/h4-7H,15H2,1-3H3,(H,17,20). The molecule has 0 spiro atoms. The molecule has 1 aromatic carbocycles. The first-order chi connectivity index (χ1) is 9.77. The van der Waals surface area contributed by atoms with Crippen LogP contribution in [0.4, 0.5) is 5.69 Å². The summed E-state index contributed by atoms with van der Waals surface area (Å²) in [7, 11) is 1.86. The number of carbonyl (C=O) groups excluding carboxylic acids is 1. The molecule has 2 aromatic rings. The van der Waals surface area contributed by atoms with Gasteiger partial charge in [-0.1, -0.05) is 11.6 Å². The Balaban J connectivity index is 2.14. The number of nitrogens with two attached hydrogens (primary N) is 1. The van der Waals surface area contributed by atoms with Gasteiger partial charge < -0.3 is 15.6 Å². The van der Waals surface area contributed by atoms with Crippen LogP contribution < -0.4 is 11.1 Å². The normalized spacial score (nSPS) is 11.5. The molecule has 0 aliphatic rings. The maximum absolute atomic E-state index is 11.8. The molecule has 0 aliphatic carbocycles. The van der Waals surface area contributed by atoms with Crippen molar-refractivity contribution in [3.8, 4) is 0 Å². The van der Waals surface area contributed by atoms with Crippen LogP contribution in [0.25, 0.3) is 0 Å². The van der Waals surface area contributed by atoms with E-state index in [9.17, 15) is 4.79 Å². The van der Waals surface area contributed by atoms with Gasteiger partial charge >= 0.3 is 0 Å². The molecule has 0 unspecified atom stereocenters. The third-order valence-electron chi connectivity index (χ3n) is 2.65. The van der Waals surface area contributed by atoms with Crippen molar-refractivity contribution in [2.75, 3.05) is 5.32 Å². The summed E-state index contributed by atoms with van der Waals surface area (Å²) in [4.78, 5) is 12.7. The summed E-state index contributed by atoms with van der Waals surface area (Å²) in [5.41, 5.74) is 5.39. The fourth-order valence-electron chi connectivity index (χ4n) is 1.42. The first-order valence-corrected chi connectivity index (χ1v) is 7.38. The number of aryl methyl sites for hydroxylation is 1. The zero-order chi connectivity index (χ0) is 15.6. The van der Waals surface area contributed by atoms with Crippen LogP contribution in [0.15, 0.2) is 34.6 Å². The number of amides is 1. The number of hydrogen-bond donors (Lipinski definition) is 2. The summed E-state index contributed by atoms with van der Waals surface area (Å²) in [6.07, 6.45) is 1.62. The maximum atomic E-state index is 11.8. The van der Waals surface area contributed by atoms with Gasteiger partial charge in [-0.3, -0.25) is 4.79 Å². The van der Waals surface area contributed by atoms with Crippen LogP contribution in [0.1, 0.15) is 13.8 Å². The highest BCUT2D eigenvalue weighted by Gasteiger charge is 2.22. The van der Waals surface area contributed by atoms with Crippen LogP contribution in [0.3, 0.4) is 0 Å². The van der Waals surface area contributed by atoms with Crippen molar-refractivity contribution in [3.05, 3.63) is 29.5 Å². The molecule has 0 saturated heterocycles. The number of carbonyl (C=O) groups is 1. The fraction of sp³-hybridized carbons (Fsp3) is 0.308. The SMILES string of the molecule is Cn1cnnc1Sc1ccc(NC(=O)C(C)(C)N)cc1Cl. The van der Waals surface area contributed by atoms with Gasteiger partial charge in [-0.05, 0) is 43.8 Å². The van der Waals surface area contributed by atoms with E-state index in [2.05, 4.69) is 15.5 Å². The molecule has 6 nitrogen and oxygen atoms in total. The summed E-state index contributed by atoms with van der Waals surface area (Å²) in [5.74, 6) is -0.271. The highest BCUT2D eigenvalue weighted by molar-refractivity contribution is 7.99. The van der Waals surface area contributed by atoms with Crippen molar-refractivity contribution in [1.82, 2.24) is 14.8 Å². The van der Waals surface area contributed by atoms with Gasteiger partial charge in [0.2, 0.25) is 5.91 Å². The molecular formula is C13H16ClN5OS. The Morgan fingerprint density at radius 1 is 1.48 bits per heavy atom. The number of anilines is 1. The lowest BCUT2D eigenvalue weighted by atomic mass is 10.1. The predicted molar refractivity (Wildman–Crippen MR) is 83.5 cm³/mol. The molecule has 8 heteroatoms. The maximum Gasteiger partial charge on any atom is 0.243 e. The number of nitrogens with one attached hydrogen (secondary N) is 1. The Morgan fingerprint density at radius 3 is 2.71 bits per heavy atom. The lowest BCUT2D eigenvalue weighted by molar-refractivity contribution is -0.120. The molecule has 0 atom stereocenters. The molecule has 0 fully saturated rings. The number of benzene rings is 1. The summed E-state index contributed by atoms with van der Waals surface area (Å²) in [5, 5.41) is 11.8. The van der Waals surface area contributed by atoms with Crippen molar-refractivity contribution in [2.45, 2.75) is 29.4 Å². The van der Waals surface area contributed by atoms with Gasteiger partial charge in [0.15, 0.2) is 5.16 Å². The molecule has 21 heavy (non-hydrogen) atoms. The van der Waals surface area contributed by atoms with Gasteiger partial charge in [0.1, 0.15) is 6.33 Å². The number of aromatic nitrogens is 3. The summed E-state index contributed by atoms with van der Waals surface area (Å²) < 4.78 is 1.80. The minimum Gasteiger partial charge on any atom is -0.324 e. The van der Waals surface area contributed by atoms with Crippen LogP contribution >= 0.6 is 23.4 Å². The lowest BCUT2D eigenvalue weighted by Crippen LogP contribution is -2.45. The van der Waals surface area contributed by atoms with Crippen molar-refractivity contribution in [2.24, 2.45) is 12.8 Å².